The second kappa shape index (κ2) is 6.22. The van der Waals surface area contributed by atoms with E-state index >= 15 is 0 Å². The number of nitrogens with one attached hydrogen (secondary N) is 1. The highest BCUT2D eigenvalue weighted by atomic mass is 32.1. The Hall–Kier alpha value is -1.95. The van der Waals surface area contributed by atoms with E-state index in [0.29, 0.717) is 6.04 Å². The largest absolute Gasteiger partial charge is 0.481 e. The molecule has 1 fully saturated rings. The zero-order valence-corrected chi connectivity index (χ0v) is 12.3. The van der Waals surface area contributed by atoms with Gasteiger partial charge in [-0.1, -0.05) is 30.3 Å². The summed E-state index contributed by atoms with van der Waals surface area (Å²) < 4.78 is 4.37. The fraction of sp³-hybridized carbons (Fsp3) is 0.400. The zero-order valence-electron chi connectivity index (χ0n) is 11.5. The van der Waals surface area contributed by atoms with Crippen molar-refractivity contribution < 1.29 is 9.90 Å². The van der Waals surface area contributed by atoms with Crippen LogP contribution >= 0.6 is 11.5 Å². The van der Waals surface area contributed by atoms with Crippen LogP contribution in [0.3, 0.4) is 0 Å². The summed E-state index contributed by atoms with van der Waals surface area (Å²) in [6.07, 6.45) is 3.21. The average Bonchev–Trinajstić information content (AvgIpc) is 2.97. The van der Waals surface area contributed by atoms with Gasteiger partial charge < -0.3 is 10.4 Å². The molecule has 0 atom stereocenters. The molecule has 1 aliphatic carbocycles. The van der Waals surface area contributed by atoms with Gasteiger partial charge in [-0.2, -0.15) is 9.36 Å². The van der Waals surface area contributed by atoms with Gasteiger partial charge in [-0.3, -0.25) is 4.79 Å². The zero-order chi connectivity index (χ0) is 14.7. The predicted molar refractivity (Wildman–Crippen MR) is 82.3 cm³/mol. The topological polar surface area (TPSA) is 75.1 Å². The normalized spacial score (nSPS) is 21.9. The van der Waals surface area contributed by atoms with Crippen LogP contribution in [-0.4, -0.2) is 26.5 Å². The molecule has 0 bridgehead atoms. The molecule has 110 valence electrons. The van der Waals surface area contributed by atoms with Gasteiger partial charge in [0.1, 0.15) is 0 Å². The lowest BCUT2D eigenvalue weighted by Gasteiger charge is -2.26. The molecule has 0 spiro atoms. The summed E-state index contributed by atoms with van der Waals surface area (Å²) in [6, 6.07) is 10.2. The predicted octanol–water partition coefficient (Wildman–Crippen LogP) is 3.26. The average molecular weight is 303 g/mol. The maximum Gasteiger partial charge on any atom is 0.306 e. The van der Waals surface area contributed by atoms with Crippen LogP contribution in [-0.2, 0) is 4.79 Å². The fourth-order valence-corrected chi connectivity index (χ4v) is 3.31. The molecule has 0 unspecified atom stereocenters. The minimum atomic E-state index is -0.671. The molecular formula is C15H17N3O2S. The van der Waals surface area contributed by atoms with Crippen LogP contribution in [0.2, 0.25) is 0 Å². The van der Waals surface area contributed by atoms with E-state index in [4.69, 9.17) is 5.11 Å². The molecule has 1 saturated carbocycles. The second-order valence-corrected chi connectivity index (χ2v) is 6.07. The fourth-order valence-electron chi connectivity index (χ4n) is 2.65. The van der Waals surface area contributed by atoms with Crippen LogP contribution in [0.4, 0.5) is 5.13 Å². The number of aromatic nitrogens is 2. The third kappa shape index (κ3) is 3.39. The van der Waals surface area contributed by atoms with E-state index in [1.54, 1.807) is 0 Å². The number of benzene rings is 1. The van der Waals surface area contributed by atoms with Gasteiger partial charge >= 0.3 is 5.97 Å². The number of anilines is 1. The summed E-state index contributed by atoms with van der Waals surface area (Å²) >= 11 is 1.36. The summed E-state index contributed by atoms with van der Waals surface area (Å²) in [5.74, 6) is -0.115. The first kappa shape index (κ1) is 14.0. The molecule has 5 nitrogen and oxygen atoms in total. The Morgan fingerprint density at radius 2 is 1.90 bits per heavy atom. The molecule has 1 aromatic heterocycles. The monoisotopic (exact) mass is 303 g/mol. The van der Waals surface area contributed by atoms with Gasteiger partial charge in [0.05, 0.1) is 5.92 Å². The molecule has 1 heterocycles. The van der Waals surface area contributed by atoms with Gasteiger partial charge in [-0.25, -0.2) is 0 Å². The van der Waals surface area contributed by atoms with E-state index in [1.165, 1.54) is 11.5 Å². The van der Waals surface area contributed by atoms with E-state index < -0.39 is 5.97 Å². The van der Waals surface area contributed by atoms with Crippen LogP contribution in [0.25, 0.3) is 11.4 Å². The van der Waals surface area contributed by atoms with Gasteiger partial charge in [-0.15, -0.1) is 0 Å². The van der Waals surface area contributed by atoms with Gasteiger partial charge in [0.15, 0.2) is 5.82 Å². The standard InChI is InChI=1S/C15H17N3O2S/c19-14(20)11-6-8-12(9-7-11)16-15-17-13(18-21-15)10-4-2-1-3-5-10/h1-5,11-12H,6-9H2,(H,19,20)(H,16,17,18). The van der Waals surface area contributed by atoms with Crippen molar-refractivity contribution in [2.24, 2.45) is 5.92 Å². The lowest BCUT2D eigenvalue weighted by Crippen LogP contribution is -2.29. The van der Waals surface area contributed by atoms with Crippen molar-refractivity contribution in [3.05, 3.63) is 30.3 Å². The number of hydrogen-bond acceptors (Lipinski definition) is 5. The number of hydrogen-bond donors (Lipinski definition) is 2. The third-order valence-electron chi connectivity index (χ3n) is 3.86. The molecule has 2 N–H and O–H groups in total. The summed E-state index contributed by atoms with van der Waals surface area (Å²) in [4.78, 5) is 15.4. The van der Waals surface area contributed by atoms with Crippen molar-refractivity contribution in [3.63, 3.8) is 0 Å². The lowest BCUT2D eigenvalue weighted by molar-refractivity contribution is -0.142. The molecule has 0 radical (unpaired) electrons. The molecule has 1 aromatic carbocycles. The number of aliphatic carboxylic acids is 1. The van der Waals surface area contributed by atoms with Crippen molar-refractivity contribution >= 4 is 22.6 Å². The van der Waals surface area contributed by atoms with Gasteiger partial charge in [0.25, 0.3) is 0 Å². The maximum absolute atomic E-state index is 10.9. The number of carboxylic acid groups (broad SMARTS) is 1. The second-order valence-electron chi connectivity index (χ2n) is 5.32. The van der Waals surface area contributed by atoms with Crippen LogP contribution < -0.4 is 5.32 Å². The molecular weight excluding hydrogens is 286 g/mol. The quantitative estimate of drug-likeness (QED) is 0.906. The molecule has 0 amide bonds. The van der Waals surface area contributed by atoms with Crippen molar-refractivity contribution in [1.82, 2.24) is 9.36 Å². The Morgan fingerprint density at radius 1 is 1.19 bits per heavy atom. The third-order valence-corrected chi connectivity index (χ3v) is 4.51. The number of carboxylic acids is 1. The van der Waals surface area contributed by atoms with Crippen LogP contribution in [0.5, 0.6) is 0 Å². The Balaban J connectivity index is 1.60. The SMILES string of the molecule is O=C(O)C1CCC(Nc2nc(-c3ccccc3)ns2)CC1. The number of carbonyl (C=O) groups is 1. The highest BCUT2D eigenvalue weighted by Crippen LogP contribution is 2.28. The Labute approximate surface area is 127 Å². The van der Waals surface area contributed by atoms with Gasteiger partial charge in [0, 0.05) is 23.1 Å². The summed E-state index contributed by atoms with van der Waals surface area (Å²) in [5.41, 5.74) is 1.01. The highest BCUT2D eigenvalue weighted by molar-refractivity contribution is 7.09. The molecule has 6 heteroatoms. The molecule has 1 aliphatic rings. The smallest absolute Gasteiger partial charge is 0.306 e. The summed E-state index contributed by atoms with van der Waals surface area (Å²) in [5, 5.41) is 13.2. The van der Waals surface area contributed by atoms with E-state index in [0.717, 1.165) is 42.2 Å². The van der Waals surface area contributed by atoms with Crippen molar-refractivity contribution in [2.45, 2.75) is 31.7 Å². The van der Waals surface area contributed by atoms with Crippen LogP contribution in [0.1, 0.15) is 25.7 Å². The Bertz CT molecular complexity index is 606. The lowest BCUT2D eigenvalue weighted by atomic mass is 9.86. The van der Waals surface area contributed by atoms with Crippen molar-refractivity contribution in [3.8, 4) is 11.4 Å². The molecule has 0 saturated heterocycles. The Morgan fingerprint density at radius 3 is 2.57 bits per heavy atom. The highest BCUT2D eigenvalue weighted by Gasteiger charge is 2.26. The number of rotatable bonds is 4. The van der Waals surface area contributed by atoms with Gasteiger partial charge in [-0.05, 0) is 25.7 Å². The van der Waals surface area contributed by atoms with E-state index in [1.807, 2.05) is 30.3 Å². The van der Waals surface area contributed by atoms with Crippen molar-refractivity contribution in [2.75, 3.05) is 5.32 Å². The van der Waals surface area contributed by atoms with Gasteiger partial charge in [0.2, 0.25) is 5.13 Å². The van der Waals surface area contributed by atoms with Crippen LogP contribution in [0, 0.1) is 5.92 Å². The van der Waals surface area contributed by atoms with Crippen LogP contribution in [0.15, 0.2) is 30.3 Å². The minimum absolute atomic E-state index is 0.183. The first-order valence-electron chi connectivity index (χ1n) is 7.11. The van der Waals surface area contributed by atoms with E-state index in [-0.39, 0.29) is 5.92 Å². The minimum Gasteiger partial charge on any atom is -0.481 e. The molecule has 21 heavy (non-hydrogen) atoms. The molecule has 0 aliphatic heterocycles. The molecule has 2 aromatic rings. The van der Waals surface area contributed by atoms with E-state index in [9.17, 15) is 4.79 Å². The first-order chi connectivity index (χ1) is 10.2. The van der Waals surface area contributed by atoms with E-state index in [2.05, 4.69) is 14.7 Å². The molecule has 3 rings (SSSR count). The summed E-state index contributed by atoms with van der Waals surface area (Å²) in [7, 11) is 0. The first-order valence-corrected chi connectivity index (χ1v) is 7.88. The Kier molecular flexibility index (Phi) is 4.15. The summed E-state index contributed by atoms with van der Waals surface area (Å²) in [6.45, 7) is 0. The number of nitrogens with zero attached hydrogens (tertiary/aromatic N) is 2. The van der Waals surface area contributed by atoms with Crippen molar-refractivity contribution in [1.29, 1.82) is 0 Å². The maximum atomic E-state index is 10.9.